The van der Waals surface area contributed by atoms with E-state index in [2.05, 4.69) is 271 Å². The van der Waals surface area contributed by atoms with Crippen LogP contribution in [0.3, 0.4) is 0 Å². The lowest BCUT2D eigenvalue weighted by Crippen LogP contribution is -2.53. The Morgan fingerprint density at radius 1 is 0.236 bits per heavy atom. The van der Waals surface area contributed by atoms with Crippen LogP contribution in [0.15, 0.2) is 12.1 Å². The second-order valence-corrected chi connectivity index (χ2v) is 83.4. The number of benzene rings is 1. The fourth-order valence-corrected chi connectivity index (χ4v) is 20.8. The summed E-state index contributed by atoms with van der Waals surface area (Å²) in [6.45, 7) is 92.2. The maximum Gasteiger partial charge on any atom is 0.255 e. The highest BCUT2D eigenvalue weighted by Gasteiger charge is 2.53. The molecule has 4 fully saturated rings. The average molecular weight is 1620 g/mol. The van der Waals surface area contributed by atoms with Gasteiger partial charge in [0.1, 0.15) is 0 Å². The molecule has 0 saturated carbocycles. The summed E-state index contributed by atoms with van der Waals surface area (Å²) < 4.78 is 57.5. The molecular formula is C82H162N4O12Si8. The predicted molar refractivity (Wildman–Crippen MR) is 464 cm³/mol. The maximum absolute atomic E-state index is 17.5. The summed E-state index contributed by atoms with van der Waals surface area (Å²) >= 11 is 0. The molecule has 0 bridgehead atoms. The third kappa shape index (κ3) is 22.1. The van der Waals surface area contributed by atoms with Crippen molar-refractivity contribution in [3.05, 3.63) is 34.4 Å². The molecule has 0 radical (unpaired) electrons. The summed E-state index contributed by atoms with van der Waals surface area (Å²) in [6.07, 6.45) is 5.18. The van der Waals surface area contributed by atoms with Crippen molar-refractivity contribution >= 4 is 90.2 Å². The monoisotopic (exact) mass is 1620 g/mol. The molecule has 1 aromatic rings. The highest BCUT2D eigenvalue weighted by molar-refractivity contribution is 6.77. The van der Waals surface area contributed by atoms with Crippen LogP contribution >= 0.6 is 0 Å². The van der Waals surface area contributed by atoms with Crippen molar-refractivity contribution < 1.29 is 54.6 Å². The van der Waals surface area contributed by atoms with Gasteiger partial charge in [-0.1, -0.05) is 166 Å². The van der Waals surface area contributed by atoms with Gasteiger partial charge < -0.3 is 55.0 Å². The van der Waals surface area contributed by atoms with Crippen molar-refractivity contribution in [3.63, 3.8) is 0 Å². The van der Waals surface area contributed by atoms with E-state index >= 15 is 19.2 Å². The highest BCUT2D eigenvalue weighted by atomic mass is 28.4. The van der Waals surface area contributed by atoms with E-state index < -0.39 is 115 Å². The smallest absolute Gasteiger partial charge is 0.255 e. The van der Waals surface area contributed by atoms with Crippen LogP contribution in [0.4, 0.5) is 0 Å². The fourth-order valence-electron chi connectivity index (χ4n) is 12.5. The first-order chi connectivity index (χ1) is 47.3. The van der Waals surface area contributed by atoms with E-state index in [0.717, 1.165) is 0 Å². The third-order valence-corrected chi connectivity index (χ3v) is 65.0. The van der Waals surface area contributed by atoms with E-state index in [9.17, 15) is 0 Å². The van der Waals surface area contributed by atoms with Crippen LogP contribution in [-0.2, 0) is 35.4 Å². The molecule has 614 valence electrons. The minimum Gasteiger partial charge on any atom is -0.415 e. The second-order valence-electron chi connectivity index (χ2n) is 44.9. The van der Waals surface area contributed by atoms with Gasteiger partial charge in [0.05, 0.1) is 123 Å². The molecule has 16 nitrogen and oxygen atoms in total. The number of nitrogens with zero attached hydrogens (tertiary/aromatic N) is 4. The Balaban J connectivity index is 2.05. The molecule has 4 amide bonds. The quantitative estimate of drug-likeness (QED) is 0.0733. The van der Waals surface area contributed by atoms with Crippen molar-refractivity contribution in [2.24, 2.45) is 0 Å². The molecule has 5 rings (SSSR count). The predicted octanol–water partition coefficient (Wildman–Crippen LogP) is 21.8. The molecule has 8 atom stereocenters. The van der Waals surface area contributed by atoms with Crippen LogP contribution in [0, 0.1) is 0 Å². The molecule has 24 heteroatoms. The van der Waals surface area contributed by atoms with Crippen LogP contribution in [0.5, 0.6) is 0 Å². The van der Waals surface area contributed by atoms with Gasteiger partial charge in [-0.15, -0.1) is 0 Å². The molecule has 4 saturated heterocycles. The van der Waals surface area contributed by atoms with Crippen molar-refractivity contribution in [2.75, 3.05) is 52.9 Å². The third-order valence-electron chi connectivity index (χ3n) is 29.0. The Kier molecular flexibility index (Phi) is 30.0. The van der Waals surface area contributed by atoms with Gasteiger partial charge in [0.15, 0.2) is 66.5 Å². The average Bonchev–Trinajstić information content (AvgIpc) is 1.40. The van der Waals surface area contributed by atoms with Crippen LogP contribution < -0.4 is 0 Å². The van der Waals surface area contributed by atoms with E-state index in [1.54, 1.807) is 12.1 Å². The number of carbonyl (C=O) groups excluding carboxylic acids is 4. The fraction of sp³-hybridized carbons (Fsp3) is 0.878. The molecule has 4 heterocycles. The van der Waals surface area contributed by atoms with Gasteiger partial charge in [-0.25, -0.2) is 0 Å². The minimum absolute atomic E-state index is 0.0841. The van der Waals surface area contributed by atoms with Crippen LogP contribution in [-0.4, -0.2) is 211 Å². The summed E-state index contributed by atoms with van der Waals surface area (Å²) in [5.74, 6) is -1.54. The summed E-state index contributed by atoms with van der Waals surface area (Å²) in [6, 6.07) is 0.193. The van der Waals surface area contributed by atoms with Gasteiger partial charge in [0.25, 0.3) is 23.6 Å². The molecule has 4 aliphatic rings. The number of amides is 4. The minimum atomic E-state index is -2.41. The molecule has 106 heavy (non-hydrogen) atoms. The van der Waals surface area contributed by atoms with Crippen molar-refractivity contribution in [1.82, 2.24) is 19.6 Å². The molecule has 0 N–H and O–H groups in total. The first kappa shape index (κ1) is 95.1. The van der Waals surface area contributed by atoms with Crippen molar-refractivity contribution in [1.29, 1.82) is 0 Å². The number of likely N-dealkylation sites (tertiary alicyclic amines) is 4. The highest BCUT2D eigenvalue weighted by Crippen LogP contribution is 2.47. The van der Waals surface area contributed by atoms with E-state index in [1.807, 2.05) is 19.6 Å². The van der Waals surface area contributed by atoms with Crippen LogP contribution in [0.25, 0.3) is 0 Å². The Labute approximate surface area is 658 Å². The Morgan fingerprint density at radius 3 is 0.415 bits per heavy atom. The van der Waals surface area contributed by atoms with E-state index in [0.29, 0.717) is 104 Å². The standard InChI is InChI=1S/C82H162N4O12Si8/c1-75(2,3)99(25,26)91-51-59-41-42-60(52-92-100(27,28)76(4,5)6)83(59)71(87)67-49-69(73(89)85-63(55-95-103(33,34)79(13,14)15)45-46-64(85)56-96-104(35,36)80(16,17)18)70(74(90)86-65(57-97-105(37,38)81(19,20)21)47-48-66(86)58-98-106(39,40)82(22,23)24)50-68(67)72(88)84-61(53-93-101(29,30)77(7,8)9)43-44-62(84)54-94-102(31,32)78(10,11)12/h49-50,59-66H,41-48,51-58H2,1-40H3/t59-,60-,61-,62-,63-,64-,65-,66-/m1/s1. The lowest BCUT2D eigenvalue weighted by atomic mass is 9.93. The van der Waals surface area contributed by atoms with E-state index in [1.165, 1.54) is 0 Å². The topological polar surface area (TPSA) is 155 Å². The summed E-state index contributed by atoms with van der Waals surface area (Å²) in [5, 5.41) is -0.955. The van der Waals surface area contributed by atoms with Gasteiger partial charge >= 0.3 is 0 Å². The Hall–Kier alpha value is -1.48. The zero-order valence-electron chi connectivity index (χ0n) is 75.8. The number of carbonyl (C=O) groups is 4. The SMILES string of the molecule is CC(C)(C)[Si](C)(C)OC[C@H]1CC[C@H](CO[Si](C)(C)C(C)(C)C)N1C(=O)c1cc(C(=O)N2[C@@H](CO[Si](C)(C)C(C)(C)C)CC[C@@H]2CO[Si](C)(C)C(C)(C)C)c(C(=O)N2[C@@H](CO[Si](C)(C)C(C)(C)C)CC[C@@H]2CO[Si](C)(C)C(C)(C)C)cc1C(=O)N1[C@@H](CO[Si](C)(C)C(C)(C)C)CC[C@@H]1CO[Si](C)(C)C(C)(C)C. The summed E-state index contributed by atoms with van der Waals surface area (Å²) in [5.41, 5.74) is 0.337. The Bertz CT molecular complexity index is 2610. The maximum atomic E-state index is 17.5. The zero-order chi connectivity index (χ0) is 81.9. The van der Waals surface area contributed by atoms with Crippen molar-refractivity contribution in [3.8, 4) is 0 Å². The molecule has 0 aromatic heterocycles. The lowest BCUT2D eigenvalue weighted by Gasteiger charge is -2.41. The molecule has 0 aliphatic carbocycles. The summed E-state index contributed by atoms with van der Waals surface area (Å²) in [7, 11) is -19.3. The largest absolute Gasteiger partial charge is 0.415 e. The van der Waals surface area contributed by atoms with Gasteiger partial charge in [-0.3, -0.25) is 19.2 Å². The van der Waals surface area contributed by atoms with Gasteiger partial charge in [-0.05, 0) is 209 Å². The number of rotatable bonds is 28. The normalized spacial score (nSPS) is 23.1. The van der Waals surface area contributed by atoms with Gasteiger partial charge in [0.2, 0.25) is 0 Å². The van der Waals surface area contributed by atoms with Crippen molar-refractivity contribution in [2.45, 2.75) is 411 Å². The van der Waals surface area contributed by atoms with Crippen LogP contribution in [0.1, 0.15) is 259 Å². The first-order valence-corrected chi connectivity index (χ1v) is 64.2. The summed E-state index contributed by atoms with van der Waals surface area (Å²) in [4.78, 5) is 77.9. The molecule has 4 aliphatic heterocycles. The zero-order valence-corrected chi connectivity index (χ0v) is 83.8. The number of hydrogen-bond acceptors (Lipinski definition) is 12. The lowest BCUT2D eigenvalue weighted by molar-refractivity contribution is 0.0487. The first-order valence-electron chi connectivity index (χ1n) is 40.9. The molecule has 1 aromatic carbocycles. The van der Waals surface area contributed by atoms with E-state index in [4.69, 9.17) is 35.4 Å². The van der Waals surface area contributed by atoms with Crippen LogP contribution in [0.2, 0.25) is 145 Å². The molecular weight excluding hydrogens is 1460 g/mol. The second kappa shape index (κ2) is 33.4. The molecule has 0 spiro atoms. The van der Waals surface area contributed by atoms with Gasteiger partial charge in [0, 0.05) is 0 Å². The Morgan fingerprint density at radius 2 is 0.330 bits per heavy atom. The number of hydrogen-bond donors (Lipinski definition) is 0. The van der Waals surface area contributed by atoms with Gasteiger partial charge in [-0.2, -0.15) is 0 Å². The molecule has 0 unspecified atom stereocenters. The van der Waals surface area contributed by atoms with E-state index in [-0.39, 0.29) is 86.2 Å².